The van der Waals surface area contributed by atoms with E-state index < -0.39 is 0 Å². The summed E-state index contributed by atoms with van der Waals surface area (Å²) >= 11 is 0. The van der Waals surface area contributed by atoms with Crippen molar-refractivity contribution in [2.45, 2.75) is 72.8 Å². The molecule has 0 aliphatic carbocycles. The lowest BCUT2D eigenvalue weighted by atomic mass is 9.99. The third-order valence-electron chi connectivity index (χ3n) is 6.12. The molecule has 6 nitrogen and oxygen atoms in total. The molecule has 0 unspecified atom stereocenters. The lowest BCUT2D eigenvalue weighted by molar-refractivity contribution is -0.133. The lowest BCUT2D eigenvalue weighted by Gasteiger charge is -2.16. The molecule has 6 heteroatoms. The fourth-order valence-corrected chi connectivity index (χ4v) is 4.32. The Kier molecular flexibility index (Phi) is 6.25. The molecule has 31 heavy (non-hydrogen) atoms. The second-order valence-electron chi connectivity index (χ2n) is 8.23. The molecule has 0 radical (unpaired) electrons. The van der Waals surface area contributed by atoms with Crippen molar-refractivity contribution in [3.05, 3.63) is 36.3 Å². The summed E-state index contributed by atoms with van der Waals surface area (Å²) in [6.45, 7) is 9.27. The van der Waals surface area contributed by atoms with E-state index in [2.05, 4.69) is 35.8 Å². The number of aromatic nitrogens is 4. The smallest absolute Gasteiger partial charge is 0.310 e. The molecule has 0 aliphatic heterocycles. The molecule has 0 aliphatic rings. The molecule has 1 atom stereocenters. The molecule has 0 spiro atoms. The number of hydrogen-bond acceptors (Lipinski definition) is 4. The second-order valence-corrected chi connectivity index (χ2v) is 8.23. The maximum absolute atomic E-state index is 12.2. The summed E-state index contributed by atoms with van der Waals surface area (Å²) < 4.78 is 10.1. The predicted molar refractivity (Wildman–Crippen MR) is 125 cm³/mol. The number of esters is 1. The minimum absolute atomic E-state index is 0.245. The molecule has 4 aromatic rings. The minimum Gasteiger partial charge on any atom is -0.424 e. The number of unbranched alkanes of at least 4 members (excludes halogenated alkanes) is 1. The van der Waals surface area contributed by atoms with Gasteiger partial charge in [0.1, 0.15) is 16.9 Å². The van der Waals surface area contributed by atoms with Crippen LogP contribution in [0.5, 0.6) is 5.75 Å². The number of ether oxygens (including phenoxy) is 1. The molecule has 0 N–H and O–H groups in total. The minimum atomic E-state index is -0.245. The molecule has 0 amide bonds. The van der Waals surface area contributed by atoms with Crippen LogP contribution in [0, 0.1) is 5.92 Å². The van der Waals surface area contributed by atoms with E-state index in [4.69, 9.17) is 14.7 Å². The van der Waals surface area contributed by atoms with E-state index in [1.54, 1.807) is 0 Å². The average Bonchev–Trinajstić information content (AvgIpc) is 3.34. The summed E-state index contributed by atoms with van der Waals surface area (Å²) in [7, 11) is 0. The standard InChI is InChI=1S/C25H32N4O2/c1-5-9-12-17(6-2)15-28-16-20(31-22(30)8-4)23-24(28)27-21(7-3)29-19-14-11-10-13-18(19)26-25(23)29/h10-11,13-14,16-17H,5-9,12,15H2,1-4H3/t17-/m1/s1. The van der Waals surface area contributed by atoms with Crippen LogP contribution in [-0.2, 0) is 17.8 Å². The van der Waals surface area contributed by atoms with Gasteiger partial charge in [0.05, 0.1) is 11.0 Å². The molecule has 0 saturated carbocycles. The summed E-state index contributed by atoms with van der Waals surface area (Å²) in [6, 6.07) is 8.09. The summed E-state index contributed by atoms with van der Waals surface area (Å²) in [5, 5.41) is 0.820. The first kappa shape index (κ1) is 21.3. The Bertz CT molecular complexity index is 1220. The van der Waals surface area contributed by atoms with Gasteiger partial charge < -0.3 is 9.30 Å². The zero-order chi connectivity index (χ0) is 22.0. The van der Waals surface area contributed by atoms with Crippen LogP contribution in [0.2, 0.25) is 0 Å². The van der Waals surface area contributed by atoms with E-state index in [1.165, 1.54) is 19.3 Å². The summed E-state index contributed by atoms with van der Waals surface area (Å²) in [6.07, 6.45) is 7.79. The second kappa shape index (κ2) is 9.08. The van der Waals surface area contributed by atoms with Gasteiger partial charge in [-0.2, -0.15) is 0 Å². The topological polar surface area (TPSA) is 61.4 Å². The van der Waals surface area contributed by atoms with Crippen LogP contribution in [0.1, 0.15) is 65.6 Å². The highest BCUT2D eigenvalue weighted by Gasteiger charge is 2.22. The van der Waals surface area contributed by atoms with Gasteiger partial charge in [-0.1, -0.05) is 59.1 Å². The number of rotatable bonds is 9. The zero-order valence-corrected chi connectivity index (χ0v) is 19.0. The molecule has 1 aromatic carbocycles. The largest absolute Gasteiger partial charge is 0.424 e. The van der Waals surface area contributed by atoms with Crippen molar-refractivity contribution in [1.29, 1.82) is 0 Å². The van der Waals surface area contributed by atoms with Crippen molar-refractivity contribution in [3.63, 3.8) is 0 Å². The normalized spacial score (nSPS) is 12.8. The van der Waals surface area contributed by atoms with Gasteiger partial charge in [0.25, 0.3) is 0 Å². The van der Waals surface area contributed by atoms with Crippen molar-refractivity contribution in [2.24, 2.45) is 5.92 Å². The monoisotopic (exact) mass is 420 g/mol. The van der Waals surface area contributed by atoms with Gasteiger partial charge in [-0.3, -0.25) is 9.20 Å². The van der Waals surface area contributed by atoms with E-state index in [0.29, 0.717) is 18.1 Å². The number of benzene rings is 1. The molecular weight excluding hydrogens is 388 g/mol. The average molecular weight is 421 g/mol. The van der Waals surface area contributed by atoms with Crippen LogP contribution in [-0.4, -0.2) is 24.9 Å². The van der Waals surface area contributed by atoms with E-state index >= 15 is 0 Å². The first-order chi connectivity index (χ1) is 15.1. The molecular formula is C25H32N4O2. The van der Waals surface area contributed by atoms with Gasteiger partial charge in [-0.25, -0.2) is 9.97 Å². The third kappa shape index (κ3) is 3.91. The Labute approximate surface area is 183 Å². The Morgan fingerprint density at radius 2 is 1.90 bits per heavy atom. The fraction of sp³-hybridized carbons (Fsp3) is 0.480. The molecule has 0 bridgehead atoms. The zero-order valence-electron chi connectivity index (χ0n) is 19.0. The number of fused-ring (bicyclic) bond motifs is 5. The predicted octanol–water partition coefficient (Wildman–Crippen LogP) is 5.93. The van der Waals surface area contributed by atoms with Crippen molar-refractivity contribution in [2.75, 3.05) is 0 Å². The van der Waals surface area contributed by atoms with Gasteiger partial charge in [0.15, 0.2) is 11.4 Å². The number of nitrogens with zero attached hydrogens (tertiary/aromatic N) is 4. The van der Waals surface area contributed by atoms with Crippen LogP contribution in [0.15, 0.2) is 30.5 Å². The maximum Gasteiger partial charge on any atom is 0.310 e. The third-order valence-corrected chi connectivity index (χ3v) is 6.12. The van der Waals surface area contributed by atoms with Crippen molar-refractivity contribution in [1.82, 2.24) is 18.9 Å². The fourth-order valence-electron chi connectivity index (χ4n) is 4.32. The van der Waals surface area contributed by atoms with E-state index in [9.17, 15) is 4.79 Å². The molecule has 3 aromatic heterocycles. The van der Waals surface area contributed by atoms with E-state index in [0.717, 1.165) is 52.9 Å². The Morgan fingerprint density at radius 3 is 2.61 bits per heavy atom. The van der Waals surface area contributed by atoms with Gasteiger partial charge in [0.2, 0.25) is 0 Å². The molecule has 0 fully saturated rings. The highest BCUT2D eigenvalue weighted by atomic mass is 16.5. The number of carbonyl (C=O) groups excluding carboxylic acids is 1. The van der Waals surface area contributed by atoms with Crippen molar-refractivity contribution in [3.8, 4) is 5.75 Å². The summed E-state index contributed by atoms with van der Waals surface area (Å²) in [4.78, 5) is 22.2. The van der Waals surface area contributed by atoms with Gasteiger partial charge in [-0.05, 0) is 24.5 Å². The van der Waals surface area contributed by atoms with Crippen LogP contribution in [0.25, 0.3) is 27.7 Å². The van der Waals surface area contributed by atoms with Crippen molar-refractivity contribution >= 4 is 33.7 Å². The van der Waals surface area contributed by atoms with Crippen LogP contribution in [0.4, 0.5) is 0 Å². The van der Waals surface area contributed by atoms with Crippen LogP contribution in [0.3, 0.4) is 0 Å². The number of carbonyl (C=O) groups is 1. The van der Waals surface area contributed by atoms with Crippen LogP contribution >= 0.6 is 0 Å². The molecule has 4 rings (SSSR count). The Balaban J connectivity index is 1.97. The number of aryl methyl sites for hydroxylation is 1. The van der Waals surface area contributed by atoms with Gasteiger partial charge in [0, 0.05) is 25.6 Å². The molecule has 3 heterocycles. The van der Waals surface area contributed by atoms with Gasteiger partial charge in [-0.15, -0.1) is 0 Å². The highest BCUT2D eigenvalue weighted by Crippen LogP contribution is 2.34. The maximum atomic E-state index is 12.2. The first-order valence-electron chi connectivity index (χ1n) is 11.6. The van der Waals surface area contributed by atoms with E-state index in [1.807, 2.05) is 31.3 Å². The Morgan fingerprint density at radius 1 is 1.10 bits per heavy atom. The van der Waals surface area contributed by atoms with Crippen molar-refractivity contribution < 1.29 is 9.53 Å². The molecule has 0 saturated heterocycles. The lowest BCUT2D eigenvalue weighted by Crippen LogP contribution is -2.11. The number of hydrogen-bond donors (Lipinski definition) is 0. The Hall–Kier alpha value is -2.89. The first-order valence-corrected chi connectivity index (χ1v) is 11.6. The van der Waals surface area contributed by atoms with Gasteiger partial charge >= 0.3 is 5.97 Å². The van der Waals surface area contributed by atoms with Crippen LogP contribution < -0.4 is 4.74 Å². The number of para-hydroxylation sites is 2. The number of imidazole rings is 1. The molecule has 164 valence electrons. The highest BCUT2D eigenvalue weighted by molar-refractivity contribution is 6.00. The van der Waals surface area contributed by atoms with E-state index in [-0.39, 0.29) is 5.97 Å². The summed E-state index contributed by atoms with van der Waals surface area (Å²) in [5.74, 6) is 1.84. The quantitative estimate of drug-likeness (QED) is 0.315. The summed E-state index contributed by atoms with van der Waals surface area (Å²) in [5.41, 5.74) is 3.61. The SMILES string of the molecule is CCCC[C@@H](CC)Cn1cc(OC(=O)CC)c2c1nc(CC)n1c3ccccc3nc21.